The van der Waals surface area contributed by atoms with Gasteiger partial charge in [-0.3, -0.25) is 9.98 Å². The molecule has 0 unspecified atom stereocenters. The molecular weight excluding hydrogens is 411 g/mol. The molecule has 0 bridgehead atoms. The van der Waals surface area contributed by atoms with E-state index in [-0.39, 0.29) is 28.0 Å². The van der Waals surface area contributed by atoms with E-state index in [1.54, 1.807) is 48.8 Å². The minimum Gasteiger partial charge on any atom is -0.872 e. The van der Waals surface area contributed by atoms with Crippen molar-refractivity contribution in [2.45, 2.75) is 12.8 Å². The van der Waals surface area contributed by atoms with Crippen molar-refractivity contribution in [3.8, 4) is 11.5 Å². The van der Waals surface area contributed by atoms with Gasteiger partial charge in [0.15, 0.2) is 0 Å². The first-order chi connectivity index (χ1) is 13.7. The molecule has 2 aromatic rings. The molecule has 0 atom stereocenters. The van der Waals surface area contributed by atoms with E-state index in [1.807, 2.05) is 26.2 Å². The Morgan fingerprint density at radius 1 is 0.724 bits per heavy atom. The Bertz CT molecular complexity index is 662. The zero-order valence-corrected chi connectivity index (χ0v) is 18.0. The Kier molecular flexibility index (Phi) is 16.5. The van der Waals surface area contributed by atoms with E-state index < -0.39 is 0 Å². The molecule has 0 heterocycles. The molecule has 0 saturated heterocycles. The second-order valence-corrected chi connectivity index (χ2v) is 6.06. The predicted octanol–water partition coefficient (Wildman–Crippen LogP) is 1.57. The molecule has 0 aromatic heterocycles. The van der Waals surface area contributed by atoms with E-state index in [4.69, 9.17) is 0 Å². The summed E-state index contributed by atoms with van der Waals surface area (Å²) in [5.41, 5.74) is 1.33. The molecule has 0 spiro atoms. The maximum atomic E-state index is 11.2. The van der Waals surface area contributed by atoms with Crippen LogP contribution >= 0.6 is 0 Å². The fourth-order valence-corrected chi connectivity index (χ4v) is 2.19. The Hall–Kier alpha value is -2.21. The van der Waals surface area contributed by atoms with Crippen LogP contribution in [0.2, 0.25) is 0 Å². The normalized spacial score (nSPS) is 10.6. The van der Waals surface area contributed by atoms with Crippen molar-refractivity contribution >= 4 is 12.4 Å². The number of benzene rings is 2. The van der Waals surface area contributed by atoms with E-state index in [1.165, 1.54) is 0 Å². The van der Waals surface area contributed by atoms with Crippen LogP contribution in [0.1, 0.15) is 24.0 Å². The molecule has 0 amide bonds. The smallest absolute Gasteiger partial charge is 0.872 e. The fraction of sp³-hybridized carbons (Fsp3) is 0.364. The van der Waals surface area contributed by atoms with Gasteiger partial charge in [-0.2, -0.15) is 0 Å². The summed E-state index contributed by atoms with van der Waals surface area (Å²) in [6, 6.07) is 13.8. The number of hydrogen-bond donors (Lipinski definition) is 2. The molecule has 0 aliphatic carbocycles. The van der Waals surface area contributed by atoms with E-state index in [0.717, 1.165) is 39.0 Å². The molecule has 2 rings (SSSR count). The van der Waals surface area contributed by atoms with Gasteiger partial charge in [-0.25, -0.2) is 0 Å². The second-order valence-electron chi connectivity index (χ2n) is 6.06. The Balaban J connectivity index is 0.000000523. The number of aliphatic imine (C=N–C) groups is 2. The van der Waals surface area contributed by atoms with Gasteiger partial charge in [0.05, 0.1) is 0 Å². The van der Waals surface area contributed by atoms with Gasteiger partial charge in [-0.1, -0.05) is 48.5 Å². The van der Waals surface area contributed by atoms with E-state index in [9.17, 15) is 10.2 Å². The number of hydrogen-bond acceptors (Lipinski definition) is 6. The molecule has 6 nitrogen and oxygen atoms in total. The van der Waals surface area contributed by atoms with Gasteiger partial charge >= 0.3 is 16.5 Å². The maximum absolute atomic E-state index is 11.2. The van der Waals surface area contributed by atoms with Crippen LogP contribution < -0.4 is 20.8 Å². The molecular formula is C22H30N4NiO2. The van der Waals surface area contributed by atoms with Gasteiger partial charge in [0.25, 0.3) is 0 Å². The minimum absolute atomic E-state index is 0. The van der Waals surface area contributed by atoms with Crippen LogP contribution in [0.25, 0.3) is 0 Å². The summed E-state index contributed by atoms with van der Waals surface area (Å²) in [5, 5.41) is 28.6. The molecule has 0 radical (unpaired) electrons. The van der Waals surface area contributed by atoms with Crippen molar-refractivity contribution in [1.82, 2.24) is 10.6 Å². The van der Waals surface area contributed by atoms with Gasteiger partial charge < -0.3 is 20.8 Å². The quantitative estimate of drug-likeness (QED) is 0.333. The fourth-order valence-electron chi connectivity index (χ4n) is 2.19. The molecule has 0 aliphatic heterocycles. The molecule has 0 aliphatic rings. The summed E-state index contributed by atoms with van der Waals surface area (Å²) in [7, 11) is 3.83. The van der Waals surface area contributed by atoms with Crippen LogP contribution in [0.4, 0.5) is 0 Å². The van der Waals surface area contributed by atoms with Crippen LogP contribution in [0.3, 0.4) is 0 Å². The SMILES string of the molecule is CNCCCN=Cc1ccccc1[O-].CNCCCN=Cc1ccccc1[O-].[Ni+2]. The van der Waals surface area contributed by atoms with Gasteiger partial charge in [-0.05, 0) is 51.2 Å². The summed E-state index contributed by atoms with van der Waals surface area (Å²) in [6.07, 6.45) is 5.29. The topological polar surface area (TPSA) is 94.9 Å². The molecule has 7 heteroatoms. The van der Waals surface area contributed by atoms with Crippen molar-refractivity contribution < 1.29 is 26.7 Å². The average molecular weight is 441 g/mol. The third kappa shape index (κ3) is 12.8. The number of rotatable bonds is 10. The van der Waals surface area contributed by atoms with Crippen molar-refractivity contribution in [3.63, 3.8) is 0 Å². The molecule has 0 fully saturated rings. The monoisotopic (exact) mass is 440 g/mol. The zero-order valence-electron chi connectivity index (χ0n) is 17.0. The summed E-state index contributed by atoms with van der Waals surface area (Å²) in [5.74, 6) is 0.0646. The predicted molar refractivity (Wildman–Crippen MR) is 114 cm³/mol. The van der Waals surface area contributed by atoms with Crippen LogP contribution in [0.5, 0.6) is 11.5 Å². The van der Waals surface area contributed by atoms with Crippen LogP contribution in [0.15, 0.2) is 58.5 Å². The van der Waals surface area contributed by atoms with E-state index >= 15 is 0 Å². The minimum atomic E-state index is 0. The molecule has 29 heavy (non-hydrogen) atoms. The number of nitrogens with zero attached hydrogens (tertiary/aromatic N) is 2. The average Bonchev–Trinajstić information content (AvgIpc) is 2.71. The Morgan fingerprint density at radius 3 is 1.45 bits per heavy atom. The number of nitrogens with one attached hydrogen (secondary N) is 2. The van der Waals surface area contributed by atoms with E-state index in [0.29, 0.717) is 11.1 Å². The standard InChI is InChI=1S/2C11H16N2O.Ni/c2*1-12-7-4-8-13-9-10-5-2-3-6-11(10)14;/h2*2-3,5-6,9,12,14H,4,7-8H2,1H3;/q;;+2/p-2. The summed E-state index contributed by atoms with van der Waals surface area (Å²) < 4.78 is 0. The Labute approximate surface area is 184 Å². The third-order valence-corrected chi connectivity index (χ3v) is 3.73. The first kappa shape index (κ1) is 26.8. The van der Waals surface area contributed by atoms with Gasteiger partial charge in [0.1, 0.15) is 0 Å². The van der Waals surface area contributed by atoms with E-state index in [2.05, 4.69) is 20.6 Å². The van der Waals surface area contributed by atoms with Crippen molar-refractivity contribution in [3.05, 3.63) is 59.7 Å². The molecule has 2 aromatic carbocycles. The summed E-state index contributed by atoms with van der Waals surface area (Å²) >= 11 is 0. The first-order valence-electron chi connectivity index (χ1n) is 9.50. The largest absolute Gasteiger partial charge is 2.00 e. The van der Waals surface area contributed by atoms with Gasteiger partial charge in [0.2, 0.25) is 0 Å². The summed E-state index contributed by atoms with van der Waals surface area (Å²) in [4.78, 5) is 8.35. The first-order valence-corrected chi connectivity index (χ1v) is 9.50. The van der Waals surface area contributed by atoms with Crippen molar-refractivity contribution in [2.24, 2.45) is 9.98 Å². The van der Waals surface area contributed by atoms with Crippen molar-refractivity contribution in [2.75, 3.05) is 40.3 Å². The second kappa shape index (κ2) is 17.9. The van der Waals surface area contributed by atoms with Crippen LogP contribution in [-0.4, -0.2) is 52.7 Å². The molecule has 2 N–H and O–H groups in total. The zero-order chi connectivity index (χ0) is 20.5. The van der Waals surface area contributed by atoms with Gasteiger partial charge in [0, 0.05) is 25.5 Å². The molecule has 0 saturated carbocycles. The van der Waals surface area contributed by atoms with Crippen molar-refractivity contribution in [1.29, 1.82) is 0 Å². The van der Waals surface area contributed by atoms with Crippen LogP contribution in [0, 0.1) is 0 Å². The maximum Gasteiger partial charge on any atom is 2.00 e. The third-order valence-electron chi connectivity index (χ3n) is 3.73. The van der Waals surface area contributed by atoms with Gasteiger partial charge in [-0.15, -0.1) is 11.5 Å². The Morgan fingerprint density at radius 2 is 1.10 bits per heavy atom. The summed E-state index contributed by atoms with van der Waals surface area (Å²) in [6.45, 7) is 3.43. The molecule has 160 valence electrons. The number of para-hydroxylation sites is 2. The van der Waals surface area contributed by atoms with Crippen LogP contribution in [-0.2, 0) is 16.5 Å².